The molecule has 0 aromatic heterocycles. The van der Waals surface area contributed by atoms with Crippen molar-refractivity contribution < 1.29 is 67.5 Å². The summed E-state index contributed by atoms with van der Waals surface area (Å²) in [6, 6.07) is -1.58. The Morgan fingerprint density at radius 1 is 0.800 bits per heavy atom. The van der Waals surface area contributed by atoms with Crippen LogP contribution in [0.5, 0.6) is 0 Å². The minimum absolute atomic E-state index is 0.0462. The number of aliphatic carboxylic acids is 1. The number of rotatable bonds is 34. The number of carboxylic acids is 1. The predicted octanol–water partition coefficient (Wildman–Crippen LogP) is 7.05. The highest BCUT2D eigenvalue weighted by Gasteiger charge is 2.35. The number of carbonyl (C=O) groups is 3. The largest absolute Gasteiger partial charge is 0.480 e. The molecule has 0 amide bonds. The number of nitrogens with two attached hydrogens (primary N) is 1. The summed E-state index contributed by atoms with van der Waals surface area (Å²) in [5.41, 5.74) is 5.32. The number of aliphatic hydroxyl groups is 3. The average Bonchev–Trinajstić information content (AvgIpc) is 3.20. The molecule has 1 aliphatic heterocycles. The van der Waals surface area contributed by atoms with Crippen LogP contribution >= 0.6 is 7.82 Å². The number of unbranched alkanes of at least 4 members (excludes halogenated alkanes) is 5. The summed E-state index contributed by atoms with van der Waals surface area (Å²) < 4.78 is 38.2. The third kappa shape index (κ3) is 29.1. The molecule has 1 rings (SSSR count). The van der Waals surface area contributed by atoms with Crippen LogP contribution < -0.4 is 5.73 Å². The zero-order valence-corrected chi connectivity index (χ0v) is 36.4. The van der Waals surface area contributed by atoms with Crippen molar-refractivity contribution in [3.8, 4) is 0 Å². The van der Waals surface area contributed by atoms with E-state index in [1.54, 1.807) is 12.2 Å². The van der Waals surface area contributed by atoms with Crippen molar-refractivity contribution in [2.24, 2.45) is 11.7 Å². The van der Waals surface area contributed by atoms with Gasteiger partial charge in [0.25, 0.3) is 0 Å². The van der Waals surface area contributed by atoms with Crippen molar-refractivity contribution >= 4 is 25.7 Å². The predicted molar refractivity (Wildman–Crippen MR) is 229 cm³/mol. The number of hydrogen-bond donors (Lipinski definition) is 6. The summed E-state index contributed by atoms with van der Waals surface area (Å²) in [5, 5.41) is 39.9. The van der Waals surface area contributed by atoms with Crippen molar-refractivity contribution in [3.05, 3.63) is 72.9 Å². The van der Waals surface area contributed by atoms with Gasteiger partial charge >= 0.3 is 25.7 Å². The summed E-state index contributed by atoms with van der Waals surface area (Å²) >= 11 is 0. The molecular formula is C44H72NO14P. The Morgan fingerprint density at radius 3 is 2.08 bits per heavy atom. The molecule has 0 bridgehead atoms. The first-order chi connectivity index (χ1) is 28.8. The standard InChI is InChI=1S/C44H72NO14P/c1-3-5-7-8-9-10-11-12-13-14-15-16-17-18-23-27-41(48)55-32-36(33-56-60(53,54)57-34-38(45)44(51)52)58-42(49)28-24-20-19-22-26-37-39(47)31-43(50)59-40(37)30-29-35(46)25-21-6-4-2/h5,7,9-10,12-13,15-16,19,22,29-30,35-40,43,46-47,50H,3-4,6,8,11,14,17-18,20-21,23-28,31-34,45H2,1-2H3,(H,51,52)(H,53,54)/b7-5-,10-9-,13-12-,16-15-,22-19-,30-29+/t35-,36+,37-,38-,39-,40+,43?/m0/s1. The summed E-state index contributed by atoms with van der Waals surface area (Å²) in [7, 11) is -4.81. The van der Waals surface area contributed by atoms with Gasteiger partial charge in [-0.1, -0.05) is 106 Å². The maximum absolute atomic E-state index is 12.7. The lowest BCUT2D eigenvalue weighted by molar-refractivity contribution is -0.199. The molecule has 0 spiro atoms. The molecule has 342 valence electrons. The van der Waals surface area contributed by atoms with Crippen LogP contribution in [0.3, 0.4) is 0 Å². The Kier molecular flexibility index (Phi) is 31.4. The Balaban J connectivity index is 2.60. The molecule has 16 heteroatoms. The molecule has 0 saturated carbocycles. The number of hydrogen-bond acceptors (Lipinski definition) is 13. The van der Waals surface area contributed by atoms with Crippen molar-refractivity contribution in [2.45, 2.75) is 160 Å². The van der Waals surface area contributed by atoms with Crippen molar-refractivity contribution in [2.75, 3.05) is 19.8 Å². The van der Waals surface area contributed by atoms with Gasteiger partial charge in [0.1, 0.15) is 12.6 Å². The fourth-order valence-corrected chi connectivity index (χ4v) is 6.58. The fraction of sp³-hybridized carbons (Fsp3) is 0.659. The van der Waals surface area contributed by atoms with Crippen LogP contribution in [-0.4, -0.2) is 99.8 Å². The Morgan fingerprint density at radius 2 is 1.42 bits per heavy atom. The van der Waals surface area contributed by atoms with Crippen LogP contribution in [0.15, 0.2) is 72.9 Å². The van der Waals surface area contributed by atoms with E-state index in [0.29, 0.717) is 32.1 Å². The van der Waals surface area contributed by atoms with E-state index in [-0.39, 0.29) is 25.2 Å². The summed E-state index contributed by atoms with van der Waals surface area (Å²) in [4.78, 5) is 46.2. The topological polar surface area (TPSA) is 242 Å². The molecule has 0 aromatic rings. The van der Waals surface area contributed by atoms with Gasteiger partial charge < -0.3 is 45.3 Å². The maximum Gasteiger partial charge on any atom is 0.472 e. The lowest BCUT2D eigenvalue weighted by atomic mass is 9.87. The number of aliphatic hydroxyl groups excluding tert-OH is 3. The smallest absolute Gasteiger partial charge is 0.472 e. The van der Waals surface area contributed by atoms with Crippen LogP contribution in [0, 0.1) is 5.92 Å². The second kappa shape index (κ2) is 34.4. The first kappa shape index (κ1) is 54.8. The van der Waals surface area contributed by atoms with Crippen LogP contribution in [0.2, 0.25) is 0 Å². The van der Waals surface area contributed by atoms with Gasteiger partial charge in [-0.05, 0) is 70.6 Å². The lowest BCUT2D eigenvalue weighted by Crippen LogP contribution is -2.43. The SMILES string of the molecule is CC/C=C\C/C=C\C/C=C\C/C=C\CCCCC(=O)OC[C@H](COP(=O)(O)OC[C@H](N)C(=O)O)OC(=O)CCC/C=C\C[C@H]1[C@@H](O)CC(O)O[C@@H]1/C=C/[C@@H](O)CCCCC. The molecule has 0 aromatic carbocycles. The molecule has 0 radical (unpaired) electrons. The summed E-state index contributed by atoms with van der Waals surface area (Å²) in [5.74, 6) is -3.03. The molecular weight excluding hydrogens is 797 g/mol. The van der Waals surface area contributed by atoms with E-state index in [0.717, 1.165) is 57.8 Å². The van der Waals surface area contributed by atoms with Gasteiger partial charge in [0.2, 0.25) is 0 Å². The van der Waals surface area contributed by atoms with E-state index in [2.05, 4.69) is 67.0 Å². The molecule has 8 atom stereocenters. The van der Waals surface area contributed by atoms with Gasteiger partial charge in [-0.3, -0.25) is 23.4 Å². The highest BCUT2D eigenvalue weighted by molar-refractivity contribution is 7.47. The second-order valence-corrected chi connectivity index (χ2v) is 16.1. The number of phosphoric acid groups is 1. The van der Waals surface area contributed by atoms with Gasteiger partial charge in [-0.2, -0.15) is 0 Å². The third-order valence-electron chi connectivity index (χ3n) is 9.23. The van der Waals surface area contributed by atoms with Gasteiger partial charge in [-0.15, -0.1) is 0 Å². The van der Waals surface area contributed by atoms with E-state index in [4.69, 9.17) is 29.6 Å². The zero-order valence-electron chi connectivity index (χ0n) is 35.5. The second-order valence-electron chi connectivity index (χ2n) is 14.6. The van der Waals surface area contributed by atoms with E-state index >= 15 is 0 Å². The average molecular weight is 870 g/mol. The molecule has 2 unspecified atom stereocenters. The van der Waals surface area contributed by atoms with E-state index in [1.807, 2.05) is 12.2 Å². The van der Waals surface area contributed by atoms with Crippen LogP contribution in [0.25, 0.3) is 0 Å². The monoisotopic (exact) mass is 869 g/mol. The quantitative estimate of drug-likeness (QED) is 0.0164. The minimum atomic E-state index is -4.81. The lowest BCUT2D eigenvalue weighted by Gasteiger charge is -2.36. The molecule has 1 aliphatic rings. The van der Waals surface area contributed by atoms with Crippen LogP contribution in [0.4, 0.5) is 0 Å². The van der Waals surface area contributed by atoms with Gasteiger partial charge in [0, 0.05) is 25.2 Å². The van der Waals surface area contributed by atoms with Crippen molar-refractivity contribution in [1.82, 2.24) is 0 Å². The summed E-state index contributed by atoms with van der Waals surface area (Å²) in [6.07, 6.45) is 30.2. The van der Waals surface area contributed by atoms with E-state index < -0.39 is 82.3 Å². The van der Waals surface area contributed by atoms with Gasteiger partial charge in [0.05, 0.1) is 31.5 Å². The molecule has 0 aliphatic carbocycles. The number of ether oxygens (including phenoxy) is 3. The van der Waals surface area contributed by atoms with Crippen molar-refractivity contribution in [1.29, 1.82) is 0 Å². The van der Waals surface area contributed by atoms with Crippen LogP contribution in [-0.2, 0) is 42.2 Å². The molecule has 7 N–H and O–H groups in total. The van der Waals surface area contributed by atoms with Crippen LogP contribution in [0.1, 0.15) is 123 Å². The highest BCUT2D eigenvalue weighted by Crippen LogP contribution is 2.43. The Hall–Kier alpha value is -3.24. The van der Waals surface area contributed by atoms with E-state index in [1.165, 1.54) is 0 Å². The molecule has 1 heterocycles. The first-order valence-electron chi connectivity index (χ1n) is 21.4. The number of phosphoric ester groups is 1. The number of esters is 2. The molecule has 1 fully saturated rings. The highest BCUT2D eigenvalue weighted by atomic mass is 31.2. The number of allylic oxidation sites excluding steroid dienone is 10. The zero-order chi connectivity index (χ0) is 44.4. The summed E-state index contributed by atoms with van der Waals surface area (Å²) in [6.45, 7) is 2.23. The number of carboxylic acid groups (broad SMARTS) is 1. The number of carbonyl (C=O) groups excluding carboxylic acids is 2. The van der Waals surface area contributed by atoms with E-state index in [9.17, 15) is 39.2 Å². The Bertz CT molecular complexity index is 1410. The normalized spacial score (nSPS) is 21.4. The van der Waals surface area contributed by atoms with Gasteiger partial charge in [0.15, 0.2) is 12.4 Å². The molecule has 15 nitrogen and oxygen atoms in total. The molecule has 1 saturated heterocycles. The minimum Gasteiger partial charge on any atom is -0.480 e. The Labute approximate surface area is 356 Å². The van der Waals surface area contributed by atoms with Crippen molar-refractivity contribution in [3.63, 3.8) is 0 Å². The fourth-order valence-electron chi connectivity index (χ4n) is 5.80. The van der Waals surface area contributed by atoms with Gasteiger partial charge in [-0.25, -0.2) is 4.57 Å². The molecule has 60 heavy (non-hydrogen) atoms. The third-order valence-corrected chi connectivity index (χ3v) is 10.2. The maximum atomic E-state index is 12.7. The first-order valence-corrected chi connectivity index (χ1v) is 22.9.